The van der Waals surface area contributed by atoms with Gasteiger partial charge in [0, 0.05) is 24.4 Å². The van der Waals surface area contributed by atoms with E-state index in [0.717, 1.165) is 22.3 Å². The highest BCUT2D eigenvalue weighted by atomic mass is 16.5. The molecule has 7 nitrogen and oxygen atoms in total. The van der Waals surface area contributed by atoms with E-state index in [9.17, 15) is 14.4 Å². The maximum Gasteiger partial charge on any atom is 0.407 e. The number of fused-ring (bicyclic) bond motifs is 3. The summed E-state index contributed by atoms with van der Waals surface area (Å²) in [7, 11) is 0. The number of carboxylic acid groups (broad SMARTS) is 1. The highest BCUT2D eigenvalue weighted by Crippen LogP contribution is 2.44. The van der Waals surface area contributed by atoms with Crippen LogP contribution in [0.5, 0.6) is 0 Å². The fourth-order valence-electron chi connectivity index (χ4n) is 4.09. The molecule has 0 aromatic heterocycles. The third-order valence-corrected chi connectivity index (χ3v) is 5.75. The minimum absolute atomic E-state index is 0.00369. The van der Waals surface area contributed by atoms with Crippen LogP contribution in [0.2, 0.25) is 0 Å². The lowest BCUT2D eigenvalue weighted by molar-refractivity contribution is -0.137. The highest BCUT2D eigenvalue weighted by molar-refractivity contribution is 5.80. The van der Waals surface area contributed by atoms with E-state index in [1.54, 1.807) is 6.92 Å². The van der Waals surface area contributed by atoms with Crippen LogP contribution in [0, 0.1) is 5.92 Å². The van der Waals surface area contributed by atoms with Crippen molar-refractivity contribution in [1.82, 2.24) is 10.6 Å². The number of benzene rings is 2. The standard InChI is InChI=1S/C25H30N2O5/c1-15(2)22(13-23(28)26-16(3)12-24(29)30)27-25(31)32-14-21-19-10-6-4-8-17(19)18-9-5-7-11-20(18)21/h4-11,15-16,21-22H,12-14H2,1-3H3,(H,26,28)(H,27,31)(H,29,30)/t16-,22+/m0/s1. The van der Waals surface area contributed by atoms with Crippen LogP contribution in [-0.4, -0.2) is 41.8 Å². The molecule has 0 aliphatic heterocycles. The summed E-state index contributed by atoms with van der Waals surface area (Å²) in [4.78, 5) is 35.6. The van der Waals surface area contributed by atoms with Crippen molar-refractivity contribution < 1.29 is 24.2 Å². The molecule has 1 aliphatic carbocycles. The molecule has 0 unspecified atom stereocenters. The summed E-state index contributed by atoms with van der Waals surface area (Å²) in [5.41, 5.74) is 4.58. The molecular weight excluding hydrogens is 408 g/mol. The molecule has 0 fully saturated rings. The quantitative estimate of drug-likeness (QED) is 0.550. The van der Waals surface area contributed by atoms with E-state index >= 15 is 0 Å². The van der Waals surface area contributed by atoms with Gasteiger partial charge in [0.05, 0.1) is 6.42 Å². The summed E-state index contributed by atoms with van der Waals surface area (Å²) in [6, 6.07) is 15.3. The number of carbonyl (C=O) groups is 3. The van der Waals surface area contributed by atoms with Gasteiger partial charge in [0.2, 0.25) is 5.91 Å². The fourth-order valence-corrected chi connectivity index (χ4v) is 4.09. The van der Waals surface area contributed by atoms with Crippen molar-refractivity contribution in [2.24, 2.45) is 5.92 Å². The van der Waals surface area contributed by atoms with Gasteiger partial charge in [-0.15, -0.1) is 0 Å². The summed E-state index contributed by atoms with van der Waals surface area (Å²) < 4.78 is 5.58. The van der Waals surface area contributed by atoms with Crippen LogP contribution < -0.4 is 10.6 Å². The van der Waals surface area contributed by atoms with E-state index in [0.29, 0.717) is 0 Å². The molecule has 32 heavy (non-hydrogen) atoms. The zero-order valence-electron chi connectivity index (χ0n) is 18.6. The van der Waals surface area contributed by atoms with Gasteiger partial charge in [-0.2, -0.15) is 0 Å². The number of hydrogen-bond donors (Lipinski definition) is 3. The molecule has 7 heteroatoms. The molecule has 170 valence electrons. The average molecular weight is 439 g/mol. The van der Waals surface area contributed by atoms with Crippen LogP contribution >= 0.6 is 0 Å². The minimum atomic E-state index is -0.977. The third kappa shape index (κ3) is 5.66. The topological polar surface area (TPSA) is 105 Å². The number of rotatable bonds is 9. The Labute approximate surface area is 188 Å². The second-order valence-electron chi connectivity index (χ2n) is 8.59. The first-order chi connectivity index (χ1) is 15.3. The zero-order chi connectivity index (χ0) is 23.3. The highest BCUT2D eigenvalue weighted by Gasteiger charge is 2.29. The van der Waals surface area contributed by atoms with Crippen molar-refractivity contribution >= 4 is 18.0 Å². The Morgan fingerprint density at radius 2 is 1.47 bits per heavy atom. The van der Waals surface area contributed by atoms with E-state index in [-0.39, 0.29) is 37.2 Å². The molecule has 3 N–H and O–H groups in total. The third-order valence-electron chi connectivity index (χ3n) is 5.75. The summed E-state index contributed by atoms with van der Waals surface area (Å²) in [5, 5.41) is 14.3. The minimum Gasteiger partial charge on any atom is -0.481 e. The Bertz CT molecular complexity index is 942. The molecule has 0 saturated heterocycles. The van der Waals surface area contributed by atoms with Crippen molar-refractivity contribution in [2.45, 2.75) is 51.6 Å². The van der Waals surface area contributed by atoms with Gasteiger partial charge >= 0.3 is 12.1 Å². The normalized spacial score (nSPS) is 14.2. The predicted molar refractivity (Wildman–Crippen MR) is 121 cm³/mol. The largest absolute Gasteiger partial charge is 0.481 e. The number of ether oxygens (including phenoxy) is 1. The number of aliphatic carboxylic acids is 1. The molecule has 2 aromatic carbocycles. The van der Waals surface area contributed by atoms with E-state index in [1.807, 2.05) is 38.1 Å². The lowest BCUT2D eigenvalue weighted by atomic mass is 9.98. The van der Waals surface area contributed by atoms with Crippen LogP contribution in [0.4, 0.5) is 4.79 Å². The maximum absolute atomic E-state index is 12.5. The van der Waals surface area contributed by atoms with E-state index in [4.69, 9.17) is 9.84 Å². The first-order valence-corrected chi connectivity index (χ1v) is 10.9. The molecule has 0 heterocycles. The first-order valence-electron chi connectivity index (χ1n) is 10.9. The summed E-state index contributed by atoms with van der Waals surface area (Å²) in [6.45, 7) is 5.65. The number of hydrogen-bond acceptors (Lipinski definition) is 4. The fraction of sp³-hybridized carbons (Fsp3) is 0.400. The summed E-state index contributed by atoms with van der Waals surface area (Å²) in [6.07, 6.45) is -0.680. The lowest BCUT2D eigenvalue weighted by Crippen LogP contribution is -2.44. The van der Waals surface area contributed by atoms with Gasteiger partial charge in [0.1, 0.15) is 6.61 Å². The van der Waals surface area contributed by atoms with E-state index < -0.39 is 24.1 Å². The van der Waals surface area contributed by atoms with Crippen LogP contribution in [0.1, 0.15) is 50.7 Å². The number of amides is 2. The van der Waals surface area contributed by atoms with Crippen molar-refractivity contribution in [1.29, 1.82) is 0 Å². The Balaban J connectivity index is 1.58. The monoisotopic (exact) mass is 438 g/mol. The molecule has 0 saturated carbocycles. The van der Waals surface area contributed by atoms with Gasteiger partial charge in [-0.1, -0.05) is 62.4 Å². The molecule has 1 aliphatic rings. The van der Waals surface area contributed by atoms with Crippen molar-refractivity contribution in [3.05, 3.63) is 59.7 Å². The van der Waals surface area contributed by atoms with Crippen molar-refractivity contribution in [2.75, 3.05) is 6.61 Å². The molecule has 0 bridgehead atoms. The lowest BCUT2D eigenvalue weighted by Gasteiger charge is -2.23. The van der Waals surface area contributed by atoms with Crippen molar-refractivity contribution in [3.8, 4) is 11.1 Å². The Morgan fingerprint density at radius 1 is 0.906 bits per heavy atom. The summed E-state index contributed by atoms with van der Waals surface area (Å²) in [5.74, 6) is -1.33. The van der Waals surface area contributed by atoms with Gasteiger partial charge in [-0.3, -0.25) is 9.59 Å². The number of carbonyl (C=O) groups excluding carboxylic acids is 2. The molecule has 2 atom stereocenters. The number of carboxylic acids is 1. The number of alkyl carbamates (subject to hydrolysis) is 1. The maximum atomic E-state index is 12.5. The second-order valence-corrected chi connectivity index (χ2v) is 8.59. The van der Waals surface area contributed by atoms with Gasteiger partial charge in [-0.25, -0.2) is 4.79 Å². The van der Waals surface area contributed by atoms with E-state index in [2.05, 4.69) is 34.9 Å². The second kappa shape index (κ2) is 10.3. The molecule has 0 radical (unpaired) electrons. The van der Waals surface area contributed by atoms with Gasteiger partial charge < -0.3 is 20.5 Å². The van der Waals surface area contributed by atoms with Crippen LogP contribution in [0.3, 0.4) is 0 Å². The van der Waals surface area contributed by atoms with Gasteiger partial charge in [-0.05, 0) is 35.1 Å². The smallest absolute Gasteiger partial charge is 0.407 e. The zero-order valence-corrected chi connectivity index (χ0v) is 18.6. The molecule has 0 spiro atoms. The molecule has 2 amide bonds. The Morgan fingerprint density at radius 3 is 2.00 bits per heavy atom. The Hall–Kier alpha value is -3.35. The predicted octanol–water partition coefficient (Wildman–Crippen LogP) is 3.92. The van der Waals surface area contributed by atoms with Gasteiger partial charge in [0.15, 0.2) is 0 Å². The van der Waals surface area contributed by atoms with Crippen molar-refractivity contribution in [3.63, 3.8) is 0 Å². The molecule has 3 rings (SSSR count). The molecular formula is C25H30N2O5. The molecule has 2 aromatic rings. The van der Waals surface area contributed by atoms with Gasteiger partial charge in [0.25, 0.3) is 0 Å². The van der Waals surface area contributed by atoms with Crippen LogP contribution in [-0.2, 0) is 14.3 Å². The summed E-state index contributed by atoms with van der Waals surface area (Å²) >= 11 is 0. The Kier molecular flexibility index (Phi) is 7.51. The van der Waals surface area contributed by atoms with Crippen LogP contribution in [0.25, 0.3) is 11.1 Å². The first kappa shape index (κ1) is 23.3. The van der Waals surface area contributed by atoms with Crippen LogP contribution in [0.15, 0.2) is 48.5 Å². The van der Waals surface area contributed by atoms with E-state index in [1.165, 1.54) is 0 Å². The number of nitrogens with one attached hydrogen (secondary N) is 2. The SMILES string of the molecule is CC(C)[C@@H](CC(=O)N[C@@H](C)CC(=O)O)NC(=O)OCC1c2ccccc2-c2ccccc21. The average Bonchev–Trinajstić information content (AvgIpc) is 3.05.